The van der Waals surface area contributed by atoms with E-state index >= 15 is 0 Å². The third kappa shape index (κ3) is 4.62. The number of methoxy groups -OCH3 is 1. The summed E-state index contributed by atoms with van der Waals surface area (Å²) < 4.78 is 6.47. The van der Waals surface area contributed by atoms with E-state index in [0.29, 0.717) is 5.91 Å². The van der Waals surface area contributed by atoms with E-state index in [4.69, 9.17) is 21.3 Å². The number of benzene rings is 2. The first kappa shape index (κ1) is 22.3. The molecule has 2 aliphatic rings. The second kappa shape index (κ2) is 9.39. The molecule has 174 valence electrons. The Hall–Kier alpha value is -2.51. The molecule has 1 aromatic heterocycles. The molecular formula is C25H29ClN4O2S. The zero-order valence-electron chi connectivity index (χ0n) is 19.1. The van der Waals surface area contributed by atoms with Gasteiger partial charge in [-0.3, -0.25) is 4.79 Å². The third-order valence-corrected chi connectivity index (χ3v) is 8.12. The van der Waals surface area contributed by atoms with Gasteiger partial charge in [0.15, 0.2) is 5.13 Å². The smallest absolute Gasteiger partial charge is 0.225 e. The molecule has 6 nitrogen and oxygen atoms in total. The normalized spacial score (nSPS) is 17.6. The van der Waals surface area contributed by atoms with Gasteiger partial charge in [0.25, 0.3) is 0 Å². The number of halogens is 1. The quantitative estimate of drug-likeness (QED) is 0.530. The number of carbonyl (C=O) groups is 1. The van der Waals surface area contributed by atoms with Gasteiger partial charge in [0, 0.05) is 55.9 Å². The van der Waals surface area contributed by atoms with Crippen molar-refractivity contribution in [2.75, 3.05) is 56.2 Å². The molecule has 2 aliphatic heterocycles. The van der Waals surface area contributed by atoms with Gasteiger partial charge in [0.2, 0.25) is 5.91 Å². The molecule has 2 aromatic carbocycles. The first-order valence-corrected chi connectivity index (χ1v) is 12.7. The van der Waals surface area contributed by atoms with E-state index in [9.17, 15) is 4.79 Å². The molecule has 2 saturated heterocycles. The van der Waals surface area contributed by atoms with Crippen molar-refractivity contribution in [2.45, 2.75) is 19.8 Å². The molecule has 1 amide bonds. The van der Waals surface area contributed by atoms with Gasteiger partial charge in [0.1, 0.15) is 5.75 Å². The number of thiazole rings is 1. The van der Waals surface area contributed by atoms with Crippen LogP contribution in [0.25, 0.3) is 10.2 Å². The molecule has 0 N–H and O–H groups in total. The second-order valence-electron chi connectivity index (χ2n) is 8.83. The van der Waals surface area contributed by atoms with Gasteiger partial charge in [-0.2, -0.15) is 0 Å². The lowest BCUT2D eigenvalue weighted by atomic mass is 9.95. The van der Waals surface area contributed by atoms with E-state index < -0.39 is 0 Å². The number of carbonyl (C=O) groups excluding carboxylic acids is 1. The number of nitrogens with zero attached hydrogens (tertiary/aromatic N) is 4. The lowest BCUT2D eigenvalue weighted by molar-refractivity contribution is -0.136. The minimum Gasteiger partial charge on any atom is -0.497 e. The number of amides is 1. The van der Waals surface area contributed by atoms with E-state index in [-0.39, 0.29) is 5.92 Å². The number of anilines is 2. The maximum absolute atomic E-state index is 13.2. The number of aryl methyl sites for hydroxylation is 1. The third-order valence-electron chi connectivity index (χ3n) is 6.80. The van der Waals surface area contributed by atoms with Crippen LogP contribution in [0.1, 0.15) is 18.4 Å². The van der Waals surface area contributed by atoms with Crippen LogP contribution >= 0.6 is 22.9 Å². The molecule has 0 spiro atoms. The average molecular weight is 485 g/mol. The topological polar surface area (TPSA) is 48.9 Å². The van der Waals surface area contributed by atoms with Gasteiger partial charge in [0.05, 0.1) is 17.3 Å². The monoisotopic (exact) mass is 484 g/mol. The summed E-state index contributed by atoms with van der Waals surface area (Å²) in [6.45, 7) is 7.08. The van der Waals surface area contributed by atoms with Crippen molar-refractivity contribution in [2.24, 2.45) is 5.92 Å². The molecule has 3 heterocycles. The summed E-state index contributed by atoms with van der Waals surface area (Å²) >= 11 is 7.90. The van der Waals surface area contributed by atoms with E-state index in [2.05, 4.69) is 27.7 Å². The van der Waals surface area contributed by atoms with Crippen molar-refractivity contribution in [1.82, 2.24) is 9.88 Å². The van der Waals surface area contributed by atoms with Crippen LogP contribution in [0.2, 0.25) is 5.02 Å². The van der Waals surface area contributed by atoms with E-state index in [1.165, 1.54) is 11.3 Å². The molecular weight excluding hydrogens is 456 g/mol. The lowest BCUT2D eigenvalue weighted by Crippen LogP contribution is -2.51. The lowest BCUT2D eigenvalue weighted by Gasteiger charge is -2.39. The molecule has 2 fully saturated rings. The van der Waals surface area contributed by atoms with Crippen LogP contribution < -0.4 is 14.5 Å². The number of fused-ring (bicyclic) bond motifs is 1. The molecule has 0 unspecified atom stereocenters. The fraction of sp³-hybridized carbons (Fsp3) is 0.440. The zero-order chi connectivity index (χ0) is 22.9. The van der Waals surface area contributed by atoms with Gasteiger partial charge in [-0.25, -0.2) is 4.98 Å². The Kier molecular flexibility index (Phi) is 6.34. The number of hydrogen-bond acceptors (Lipinski definition) is 6. The van der Waals surface area contributed by atoms with Crippen LogP contribution in [0.5, 0.6) is 5.75 Å². The Bertz CT molecular complexity index is 1150. The highest BCUT2D eigenvalue weighted by Gasteiger charge is 2.31. The van der Waals surface area contributed by atoms with Gasteiger partial charge in [-0.05, 0) is 55.7 Å². The molecule has 0 atom stereocenters. The highest BCUT2D eigenvalue weighted by molar-refractivity contribution is 7.22. The maximum Gasteiger partial charge on any atom is 0.225 e. The van der Waals surface area contributed by atoms with Crippen LogP contribution in [0, 0.1) is 12.8 Å². The number of hydrogen-bond donors (Lipinski definition) is 0. The largest absolute Gasteiger partial charge is 0.497 e. The van der Waals surface area contributed by atoms with Crippen LogP contribution in [0.4, 0.5) is 10.8 Å². The summed E-state index contributed by atoms with van der Waals surface area (Å²) in [5.41, 5.74) is 3.40. The van der Waals surface area contributed by atoms with Crippen LogP contribution in [-0.4, -0.2) is 62.2 Å². The average Bonchev–Trinajstić information content (AvgIpc) is 3.28. The molecule has 0 saturated carbocycles. The van der Waals surface area contributed by atoms with Crippen molar-refractivity contribution >= 4 is 49.9 Å². The van der Waals surface area contributed by atoms with Gasteiger partial charge in [-0.15, -0.1) is 0 Å². The fourth-order valence-corrected chi connectivity index (χ4v) is 6.03. The fourth-order valence-electron chi connectivity index (χ4n) is 4.82. The summed E-state index contributed by atoms with van der Waals surface area (Å²) in [6, 6.07) is 12.0. The summed E-state index contributed by atoms with van der Waals surface area (Å²) in [5, 5.41) is 1.79. The molecule has 0 radical (unpaired) electrons. The van der Waals surface area contributed by atoms with E-state index in [1.807, 2.05) is 30.3 Å². The SMILES string of the molecule is COc1ccc2nc(N3CCC(C(=O)N4CCN(c5cc(Cl)ccc5C)CC4)CC3)sc2c1. The molecule has 8 heteroatoms. The molecule has 5 rings (SSSR count). The molecule has 3 aromatic rings. The van der Waals surface area contributed by atoms with Crippen molar-refractivity contribution < 1.29 is 9.53 Å². The Morgan fingerprint density at radius 2 is 1.79 bits per heavy atom. The summed E-state index contributed by atoms with van der Waals surface area (Å²) in [5.74, 6) is 1.27. The molecule has 0 aliphatic carbocycles. The number of piperidine rings is 1. The first-order chi connectivity index (χ1) is 16.0. The van der Waals surface area contributed by atoms with Gasteiger partial charge in [-0.1, -0.05) is 29.0 Å². The van der Waals surface area contributed by atoms with Crippen molar-refractivity contribution in [3.05, 3.63) is 47.0 Å². The number of piperazine rings is 1. The van der Waals surface area contributed by atoms with Crippen molar-refractivity contribution in [3.8, 4) is 5.75 Å². The first-order valence-electron chi connectivity index (χ1n) is 11.5. The Morgan fingerprint density at radius 1 is 1.03 bits per heavy atom. The second-order valence-corrected chi connectivity index (χ2v) is 10.3. The summed E-state index contributed by atoms with van der Waals surface area (Å²) in [7, 11) is 1.68. The van der Waals surface area contributed by atoms with Crippen LogP contribution in [0.15, 0.2) is 36.4 Å². The molecule has 0 bridgehead atoms. The van der Waals surface area contributed by atoms with Crippen LogP contribution in [-0.2, 0) is 4.79 Å². The Morgan fingerprint density at radius 3 is 2.52 bits per heavy atom. The maximum atomic E-state index is 13.2. The number of ether oxygens (including phenoxy) is 1. The Balaban J connectivity index is 1.16. The zero-order valence-corrected chi connectivity index (χ0v) is 20.7. The highest BCUT2D eigenvalue weighted by Crippen LogP contribution is 2.34. The van der Waals surface area contributed by atoms with Crippen molar-refractivity contribution in [3.63, 3.8) is 0 Å². The van der Waals surface area contributed by atoms with E-state index in [1.54, 1.807) is 18.4 Å². The number of rotatable bonds is 4. The Labute approximate surface area is 203 Å². The van der Waals surface area contributed by atoms with Crippen molar-refractivity contribution in [1.29, 1.82) is 0 Å². The standard InChI is InChI=1S/C25H29ClN4O2S/c1-17-3-4-19(26)15-22(17)28-11-13-29(14-12-28)24(31)18-7-9-30(10-8-18)25-27-21-6-5-20(32-2)16-23(21)33-25/h3-6,15-16,18H,7-14H2,1-2H3. The van der Waals surface area contributed by atoms with Gasteiger partial charge >= 0.3 is 0 Å². The van der Waals surface area contributed by atoms with E-state index in [0.717, 1.165) is 78.2 Å². The minimum atomic E-state index is 0.107. The molecule has 33 heavy (non-hydrogen) atoms. The summed E-state index contributed by atoms with van der Waals surface area (Å²) in [4.78, 5) is 24.7. The highest BCUT2D eigenvalue weighted by atomic mass is 35.5. The minimum absolute atomic E-state index is 0.107. The predicted octanol–water partition coefficient (Wildman–Crippen LogP) is 4.83. The number of aromatic nitrogens is 1. The van der Waals surface area contributed by atoms with Gasteiger partial charge < -0.3 is 19.4 Å². The summed E-state index contributed by atoms with van der Waals surface area (Å²) in [6.07, 6.45) is 1.76. The van der Waals surface area contributed by atoms with Crippen LogP contribution in [0.3, 0.4) is 0 Å². The predicted molar refractivity (Wildman–Crippen MR) is 136 cm³/mol.